The molecule has 0 spiro atoms. The van der Waals surface area contributed by atoms with Gasteiger partial charge in [-0.2, -0.15) is 4.72 Å². The van der Waals surface area contributed by atoms with E-state index in [9.17, 15) is 13.2 Å². The molecule has 0 radical (unpaired) electrons. The first-order chi connectivity index (χ1) is 14.8. The van der Waals surface area contributed by atoms with E-state index in [-0.39, 0.29) is 10.8 Å². The molecule has 4 rings (SSSR count). The van der Waals surface area contributed by atoms with Gasteiger partial charge in [0.2, 0.25) is 15.9 Å². The van der Waals surface area contributed by atoms with Crippen molar-refractivity contribution in [3.63, 3.8) is 0 Å². The minimum Gasteiger partial charge on any atom is -0.405 e. The largest absolute Gasteiger partial charge is 0.405 e. The Balaban J connectivity index is 1.48. The van der Waals surface area contributed by atoms with Gasteiger partial charge in [0, 0.05) is 5.56 Å². The van der Waals surface area contributed by atoms with Gasteiger partial charge in [-0.3, -0.25) is 0 Å². The van der Waals surface area contributed by atoms with Crippen LogP contribution in [0.15, 0.2) is 77.0 Å². The molecule has 1 atom stereocenters. The SMILES string of the molecule is Cc1ccc(S(=O)(=O)NC(C)C(=O)Oc2csc(-c3cccc4ccccc34)n2)cc1. The van der Waals surface area contributed by atoms with Gasteiger partial charge in [-0.05, 0) is 36.8 Å². The van der Waals surface area contributed by atoms with Crippen LogP contribution in [0.25, 0.3) is 21.3 Å². The number of fused-ring (bicyclic) bond motifs is 1. The highest BCUT2D eigenvalue weighted by Crippen LogP contribution is 2.32. The molecule has 1 heterocycles. The number of aromatic nitrogens is 1. The minimum atomic E-state index is -3.84. The van der Waals surface area contributed by atoms with Gasteiger partial charge in [0.1, 0.15) is 11.0 Å². The topological polar surface area (TPSA) is 85.4 Å². The predicted molar refractivity (Wildman–Crippen MR) is 122 cm³/mol. The van der Waals surface area contributed by atoms with Crippen molar-refractivity contribution < 1.29 is 17.9 Å². The third kappa shape index (κ3) is 4.66. The Labute approximate surface area is 184 Å². The number of esters is 1. The lowest BCUT2D eigenvalue weighted by Gasteiger charge is -2.12. The van der Waals surface area contributed by atoms with Crippen LogP contribution in [-0.4, -0.2) is 25.4 Å². The first kappa shape index (κ1) is 21.2. The summed E-state index contributed by atoms with van der Waals surface area (Å²) < 4.78 is 32.7. The molecule has 8 heteroatoms. The second kappa shape index (κ2) is 8.58. The third-order valence-corrected chi connectivity index (χ3v) is 7.14. The van der Waals surface area contributed by atoms with Crippen LogP contribution in [-0.2, 0) is 14.8 Å². The van der Waals surface area contributed by atoms with Crippen molar-refractivity contribution in [3.8, 4) is 16.5 Å². The zero-order chi connectivity index (χ0) is 22.0. The summed E-state index contributed by atoms with van der Waals surface area (Å²) in [5.41, 5.74) is 1.88. The highest BCUT2D eigenvalue weighted by atomic mass is 32.2. The Bertz CT molecular complexity index is 1340. The molecule has 0 aliphatic carbocycles. The van der Waals surface area contributed by atoms with Gasteiger partial charge in [0.25, 0.3) is 0 Å². The molecule has 0 saturated heterocycles. The van der Waals surface area contributed by atoms with Crippen LogP contribution in [0.4, 0.5) is 0 Å². The summed E-state index contributed by atoms with van der Waals surface area (Å²) in [6.45, 7) is 3.30. The summed E-state index contributed by atoms with van der Waals surface area (Å²) in [5.74, 6) is -0.593. The Kier molecular flexibility index (Phi) is 5.86. The first-order valence-electron chi connectivity index (χ1n) is 9.58. The van der Waals surface area contributed by atoms with Crippen LogP contribution in [0.5, 0.6) is 5.88 Å². The molecule has 6 nitrogen and oxygen atoms in total. The average Bonchev–Trinajstić information content (AvgIpc) is 3.21. The maximum atomic E-state index is 12.5. The Morgan fingerprint density at radius 1 is 1.03 bits per heavy atom. The molecule has 1 N–H and O–H groups in total. The molecule has 3 aromatic carbocycles. The number of thiazole rings is 1. The van der Waals surface area contributed by atoms with E-state index in [0.29, 0.717) is 5.01 Å². The number of rotatable bonds is 6. The summed E-state index contributed by atoms with van der Waals surface area (Å²) >= 11 is 1.36. The Morgan fingerprint density at radius 2 is 1.74 bits per heavy atom. The van der Waals surface area contributed by atoms with Gasteiger partial charge in [-0.25, -0.2) is 18.2 Å². The van der Waals surface area contributed by atoms with Crippen LogP contribution in [0.3, 0.4) is 0 Å². The lowest BCUT2D eigenvalue weighted by Crippen LogP contribution is -2.40. The maximum Gasteiger partial charge on any atom is 0.330 e. The number of carbonyl (C=O) groups is 1. The fourth-order valence-corrected chi connectivity index (χ4v) is 5.05. The number of ether oxygens (including phenoxy) is 1. The monoisotopic (exact) mass is 452 g/mol. The summed E-state index contributed by atoms with van der Waals surface area (Å²) in [4.78, 5) is 17.0. The van der Waals surface area contributed by atoms with Crippen LogP contribution < -0.4 is 9.46 Å². The van der Waals surface area contributed by atoms with Crippen molar-refractivity contribution in [1.29, 1.82) is 0 Å². The molecule has 0 aliphatic heterocycles. The van der Waals surface area contributed by atoms with E-state index < -0.39 is 22.0 Å². The second-order valence-electron chi connectivity index (χ2n) is 7.09. The third-order valence-electron chi connectivity index (χ3n) is 4.73. The van der Waals surface area contributed by atoms with Gasteiger partial charge in [0.15, 0.2) is 0 Å². The van der Waals surface area contributed by atoms with Gasteiger partial charge < -0.3 is 4.74 Å². The predicted octanol–water partition coefficient (Wildman–Crippen LogP) is 4.54. The molecule has 0 saturated carbocycles. The van der Waals surface area contributed by atoms with Crippen molar-refractivity contribution in [2.45, 2.75) is 24.8 Å². The quantitative estimate of drug-likeness (QED) is 0.434. The molecule has 1 aromatic heterocycles. The molecule has 31 heavy (non-hydrogen) atoms. The van der Waals surface area contributed by atoms with Crippen molar-refractivity contribution in [2.75, 3.05) is 0 Å². The van der Waals surface area contributed by atoms with Crippen LogP contribution in [0.1, 0.15) is 12.5 Å². The fourth-order valence-electron chi connectivity index (χ4n) is 3.10. The number of hydrogen-bond donors (Lipinski definition) is 1. The lowest BCUT2D eigenvalue weighted by atomic mass is 10.1. The molecule has 158 valence electrons. The standard InChI is InChI=1S/C23H20N2O4S2/c1-15-10-12-18(13-11-15)31(27,28)25-16(2)23(26)29-21-14-30-22(24-21)20-9-5-7-17-6-3-4-8-19(17)20/h3-14,16,25H,1-2H3. The number of aryl methyl sites for hydroxylation is 1. The summed E-state index contributed by atoms with van der Waals surface area (Å²) in [7, 11) is -3.84. The second-order valence-corrected chi connectivity index (χ2v) is 9.67. The van der Waals surface area contributed by atoms with Gasteiger partial charge >= 0.3 is 5.97 Å². The minimum absolute atomic E-state index is 0.0876. The first-order valence-corrected chi connectivity index (χ1v) is 11.9. The molecule has 0 aliphatic rings. The van der Waals surface area contributed by atoms with E-state index in [1.165, 1.54) is 30.4 Å². The van der Waals surface area contributed by atoms with Gasteiger partial charge in [-0.15, -0.1) is 11.3 Å². The number of carbonyl (C=O) groups excluding carboxylic acids is 1. The van der Waals surface area contributed by atoms with E-state index in [1.807, 2.05) is 49.4 Å². The number of hydrogen-bond acceptors (Lipinski definition) is 6. The van der Waals surface area contributed by atoms with Crippen molar-refractivity contribution >= 4 is 38.1 Å². The smallest absolute Gasteiger partial charge is 0.330 e. The molecule has 1 unspecified atom stereocenters. The fraction of sp³-hybridized carbons (Fsp3) is 0.130. The van der Waals surface area contributed by atoms with Crippen LogP contribution >= 0.6 is 11.3 Å². The van der Waals surface area contributed by atoms with Crippen LogP contribution in [0.2, 0.25) is 0 Å². The Morgan fingerprint density at radius 3 is 2.52 bits per heavy atom. The van der Waals surface area contributed by atoms with E-state index >= 15 is 0 Å². The number of benzene rings is 3. The lowest BCUT2D eigenvalue weighted by molar-refractivity contribution is -0.136. The summed E-state index contributed by atoms with van der Waals surface area (Å²) in [6, 6.07) is 19.2. The molecule has 0 fully saturated rings. The van der Waals surface area contributed by atoms with E-state index in [2.05, 4.69) is 9.71 Å². The molecular weight excluding hydrogens is 432 g/mol. The van der Waals surface area contributed by atoms with Crippen LogP contribution in [0, 0.1) is 6.92 Å². The van der Waals surface area contributed by atoms with Crippen molar-refractivity contribution in [2.24, 2.45) is 0 Å². The van der Waals surface area contributed by atoms with Crippen molar-refractivity contribution in [1.82, 2.24) is 9.71 Å². The summed E-state index contributed by atoms with van der Waals surface area (Å²) in [6.07, 6.45) is 0. The zero-order valence-electron chi connectivity index (χ0n) is 16.9. The van der Waals surface area contributed by atoms with Gasteiger partial charge in [0.05, 0.1) is 10.3 Å². The molecule has 0 bridgehead atoms. The van der Waals surface area contributed by atoms with Gasteiger partial charge in [-0.1, -0.05) is 60.2 Å². The highest BCUT2D eigenvalue weighted by Gasteiger charge is 2.24. The zero-order valence-corrected chi connectivity index (χ0v) is 18.5. The normalized spacial score (nSPS) is 12.6. The van der Waals surface area contributed by atoms with E-state index in [0.717, 1.165) is 21.9 Å². The Hall–Kier alpha value is -3.07. The summed E-state index contributed by atoms with van der Waals surface area (Å²) in [5, 5.41) is 4.49. The molecule has 4 aromatic rings. The molecule has 0 amide bonds. The number of sulfonamides is 1. The molecular formula is C23H20N2O4S2. The highest BCUT2D eigenvalue weighted by molar-refractivity contribution is 7.89. The van der Waals surface area contributed by atoms with E-state index in [4.69, 9.17) is 4.74 Å². The number of nitrogens with one attached hydrogen (secondary N) is 1. The van der Waals surface area contributed by atoms with E-state index in [1.54, 1.807) is 17.5 Å². The van der Waals surface area contributed by atoms with Crippen molar-refractivity contribution in [3.05, 3.63) is 77.7 Å². The average molecular weight is 453 g/mol. The maximum absolute atomic E-state index is 12.5. The number of nitrogens with zero attached hydrogens (tertiary/aromatic N) is 1.